The fourth-order valence-corrected chi connectivity index (χ4v) is 3.00. The van der Waals surface area contributed by atoms with Crippen LogP contribution in [0.3, 0.4) is 0 Å². The normalized spacial score (nSPS) is 21.7. The summed E-state index contributed by atoms with van der Waals surface area (Å²) >= 11 is 0. The van der Waals surface area contributed by atoms with Crippen LogP contribution in [0.4, 0.5) is 5.82 Å². The molecule has 2 atom stereocenters. The number of aromatic nitrogens is 2. The Balaban J connectivity index is 1.91. The van der Waals surface area contributed by atoms with Gasteiger partial charge in [0.05, 0.1) is 12.1 Å². The van der Waals surface area contributed by atoms with Crippen LogP contribution in [0.2, 0.25) is 0 Å². The molecule has 122 valence electrons. The molecule has 1 fully saturated rings. The van der Waals surface area contributed by atoms with Crippen molar-refractivity contribution >= 4 is 17.6 Å². The standard InChI is InChI=1S/C15H24N4O3/c1-11(20)19-9-4-5-13(22-3)12(19)6-7-15(21)16-14-8-10-18(2)17-14/h8,10,12-13H,4-7,9H2,1-3H3,(H,16,17,21)/t12-,13-/m0/s1. The van der Waals surface area contributed by atoms with E-state index < -0.39 is 0 Å². The van der Waals surface area contributed by atoms with E-state index in [0.717, 1.165) is 19.4 Å². The highest BCUT2D eigenvalue weighted by Gasteiger charge is 2.33. The number of likely N-dealkylation sites (tertiary alicyclic amines) is 1. The van der Waals surface area contributed by atoms with Gasteiger partial charge in [0.15, 0.2) is 5.82 Å². The molecule has 0 unspecified atom stereocenters. The monoisotopic (exact) mass is 308 g/mol. The molecule has 7 heteroatoms. The minimum atomic E-state index is -0.0948. The Morgan fingerprint density at radius 1 is 1.50 bits per heavy atom. The number of nitrogens with one attached hydrogen (secondary N) is 1. The number of aryl methyl sites for hydroxylation is 1. The molecule has 1 aromatic rings. The summed E-state index contributed by atoms with van der Waals surface area (Å²) in [5, 5.41) is 6.88. The van der Waals surface area contributed by atoms with Crippen LogP contribution in [-0.4, -0.2) is 52.3 Å². The first-order valence-electron chi connectivity index (χ1n) is 7.60. The molecule has 0 aliphatic carbocycles. The highest BCUT2D eigenvalue weighted by atomic mass is 16.5. The minimum Gasteiger partial charge on any atom is -0.379 e. The van der Waals surface area contributed by atoms with Crippen LogP contribution in [0, 0.1) is 0 Å². The molecule has 0 spiro atoms. The molecule has 1 aliphatic heterocycles. The van der Waals surface area contributed by atoms with Gasteiger partial charge in [-0.15, -0.1) is 0 Å². The summed E-state index contributed by atoms with van der Waals surface area (Å²) in [6.07, 6.45) is 4.57. The summed E-state index contributed by atoms with van der Waals surface area (Å²) in [7, 11) is 3.46. The van der Waals surface area contributed by atoms with E-state index in [4.69, 9.17) is 4.74 Å². The lowest BCUT2D eigenvalue weighted by molar-refractivity contribution is -0.138. The van der Waals surface area contributed by atoms with Gasteiger partial charge in [-0.25, -0.2) is 0 Å². The van der Waals surface area contributed by atoms with Gasteiger partial charge in [-0.05, 0) is 19.3 Å². The van der Waals surface area contributed by atoms with Gasteiger partial charge in [0.2, 0.25) is 11.8 Å². The Labute approximate surface area is 130 Å². The zero-order chi connectivity index (χ0) is 16.1. The van der Waals surface area contributed by atoms with Crippen LogP contribution in [0.15, 0.2) is 12.3 Å². The van der Waals surface area contributed by atoms with Crippen LogP contribution in [0.5, 0.6) is 0 Å². The van der Waals surface area contributed by atoms with Crippen molar-refractivity contribution in [3.05, 3.63) is 12.3 Å². The van der Waals surface area contributed by atoms with Gasteiger partial charge in [-0.2, -0.15) is 5.10 Å². The van der Waals surface area contributed by atoms with E-state index in [0.29, 0.717) is 18.7 Å². The quantitative estimate of drug-likeness (QED) is 0.885. The molecule has 2 heterocycles. The number of amides is 2. The number of nitrogens with zero attached hydrogens (tertiary/aromatic N) is 3. The maximum absolute atomic E-state index is 12.0. The average Bonchev–Trinajstić information content (AvgIpc) is 2.89. The van der Waals surface area contributed by atoms with E-state index in [1.807, 2.05) is 4.90 Å². The lowest BCUT2D eigenvalue weighted by Crippen LogP contribution is -2.51. The molecular weight excluding hydrogens is 284 g/mol. The largest absolute Gasteiger partial charge is 0.379 e. The first kappa shape index (κ1) is 16.5. The average molecular weight is 308 g/mol. The van der Waals surface area contributed by atoms with Crippen molar-refractivity contribution in [3.63, 3.8) is 0 Å². The van der Waals surface area contributed by atoms with Crippen molar-refractivity contribution < 1.29 is 14.3 Å². The molecule has 2 rings (SSSR count). The Kier molecular flexibility index (Phi) is 5.54. The fourth-order valence-electron chi connectivity index (χ4n) is 3.00. The first-order chi connectivity index (χ1) is 10.5. The van der Waals surface area contributed by atoms with E-state index in [9.17, 15) is 9.59 Å². The van der Waals surface area contributed by atoms with Gasteiger partial charge in [0.1, 0.15) is 0 Å². The Morgan fingerprint density at radius 2 is 2.27 bits per heavy atom. The van der Waals surface area contributed by atoms with Gasteiger partial charge < -0.3 is 15.0 Å². The fraction of sp³-hybridized carbons (Fsp3) is 0.667. The second-order valence-corrected chi connectivity index (χ2v) is 5.66. The van der Waals surface area contributed by atoms with Gasteiger partial charge in [-0.3, -0.25) is 14.3 Å². The predicted octanol–water partition coefficient (Wildman–Crippen LogP) is 1.16. The molecule has 1 saturated heterocycles. The van der Waals surface area contributed by atoms with Crippen LogP contribution in [0.1, 0.15) is 32.6 Å². The number of piperidine rings is 1. The van der Waals surface area contributed by atoms with Crippen molar-refractivity contribution in [2.45, 2.75) is 44.8 Å². The van der Waals surface area contributed by atoms with Crippen LogP contribution in [0.25, 0.3) is 0 Å². The van der Waals surface area contributed by atoms with Crippen LogP contribution >= 0.6 is 0 Å². The number of rotatable bonds is 5. The maximum Gasteiger partial charge on any atom is 0.225 e. The number of anilines is 1. The Morgan fingerprint density at radius 3 is 2.86 bits per heavy atom. The van der Waals surface area contributed by atoms with E-state index in [-0.39, 0.29) is 24.0 Å². The third-order valence-electron chi connectivity index (χ3n) is 4.07. The molecular formula is C15H24N4O3. The van der Waals surface area contributed by atoms with Crippen molar-refractivity contribution in [3.8, 4) is 0 Å². The minimum absolute atomic E-state index is 0.000278. The molecule has 1 aliphatic rings. The van der Waals surface area contributed by atoms with E-state index in [1.54, 1.807) is 38.0 Å². The van der Waals surface area contributed by atoms with E-state index in [1.165, 1.54) is 0 Å². The summed E-state index contributed by atoms with van der Waals surface area (Å²) in [4.78, 5) is 25.6. The number of methoxy groups -OCH3 is 1. The Hall–Kier alpha value is -1.89. The van der Waals surface area contributed by atoms with E-state index >= 15 is 0 Å². The molecule has 7 nitrogen and oxygen atoms in total. The third kappa shape index (κ3) is 4.07. The van der Waals surface area contributed by atoms with Gasteiger partial charge in [-0.1, -0.05) is 0 Å². The lowest BCUT2D eigenvalue weighted by Gasteiger charge is -2.40. The van der Waals surface area contributed by atoms with E-state index in [2.05, 4.69) is 10.4 Å². The predicted molar refractivity (Wildman–Crippen MR) is 82.3 cm³/mol. The molecule has 22 heavy (non-hydrogen) atoms. The molecule has 0 radical (unpaired) electrons. The second-order valence-electron chi connectivity index (χ2n) is 5.66. The summed E-state index contributed by atoms with van der Waals surface area (Å²) in [6.45, 7) is 2.31. The SMILES string of the molecule is CO[C@H]1CCCN(C(C)=O)[C@H]1CCC(=O)Nc1ccn(C)n1. The van der Waals surface area contributed by atoms with Gasteiger partial charge in [0, 0.05) is 46.3 Å². The molecule has 0 aromatic carbocycles. The highest BCUT2D eigenvalue weighted by molar-refractivity contribution is 5.89. The van der Waals surface area contributed by atoms with Crippen molar-refractivity contribution in [1.82, 2.24) is 14.7 Å². The molecule has 1 N–H and O–H groups in total. The molecule has 1 aromatic heterocycles. The number of hydrogen-bond acceptors (Lipinski definition) is 4. The smallest absolute Gasteiger partial charge is 0.225 e. The van der Waals surface area contributed by atoms with Crippen molar-refractivity contribution in [2.75, 3.05) is 19.0 Å². The summed E-state index contributed by atoms with van der Waals surface area (Å²) in [6, 6.07) is 1.71. The van der Waals surface area contributed by atoms with Gasteiger partial charge in [0.25, 0.3) is 0 Å². The Bertz CT molecular complexity index is 529. The highest BCUT2D eigenvalue weighted by Crippen LogP contribution is 2.24. The zero-order valence-electron chi connectivity index (χ0n) is 13.4. The second kappa shape index (κ2) is 7.40. The summed E-state index contributed by atoms with van der Waals surface area (Å²) in [5.41, 5.74) is 0. The summed E-state index contributed by atoms with van der Waals surface area (Å²) in [5.74, 6) is 0.488. The van der Waals surface area contributed by atoms with Crippen molar-refractivity contribution in [1.29, 1.82) is 0 Å². The lowest BCUT2D eigenvalue weighted by atomic mass is 9.94. The molecule has 0 bridgehead atoms. The van der Waals surface area contributed by atoms with Crippen LogP contribution < -0.4 is 5.32 Å². The number of carbonyl (C=O) groups is 2. The number of ether oxygens (including phenoxy) is 1. The first-order valence-corrected chi connectivity index (χ1v) is 7.60. The van der Waals surface area contributed by atoms with Crippen molar-refractivity contribution in [2.24, 2.45) is 7.05 Å². The summed E-state index contributed by atoms with van der Waals surface area (Å²) < 4.78 is 7.13. The third-order valence-corrected chi connectivity index (χ3v) is 4.07. The topological polar surface area (TPSA) is 76.5 Å². The number of carbonyl (C=O) groups excluding carboxylic acids is 2. The zero-order valence-corrected chi connectivity index (χ0v) is 13.4. The maximum atomic E-state index is 12.0. The van der Waals surface area contributed by atoms with Gasteiger partial charge >= 0.3 is 0 Å². The molecule has 2 amide bonds. The molecule has 0 saturated carbocycles. The number of hydrogen-bond donors (Lipinski definition) is 1. The van der Waals surface area contributed by atoms with Crippen LogP contribution in [-0.2, 0) is 21.4 Å².